The highest BCUT2D eigenvalue weighted by molar-refractivity contribution is 5.95. The summed E-state index contributed by atoms with van der Waals surface area (Å²) in [5.41, 5.74) is 0. The summed E-state index contributed by atoms with van der Waals surface area (Å²) >= 11 is 0. The Morgan fingerprint density at radius 1 is 0.721 bits per heavy atom. The molecule has 1 aliphatic heterocycles. The van der Waals surface area contributed by atoms with E-state index in [4.69, 9.17) is 4.74 Å². The van der Waals surface area contributed by atoms with E-state index in [2.05, 4.69) is 31.5 Å². The first-order chi connectivity index (χ1) is 20.0. The molecule has 1 heterocycles. The first-order valence-corrected chi connectivity index (χ1v) is 15.4. The van der Waals surface area contributed by atoms with Gasteiger partial charge in [0.2, 0.25) is 29.5 Å². The Morgan fingerprint density at radius 3 is 1.81 bits per heavy atom. The van der Waals surface area contributed by atoms with Gasteiger partial charge >= 0.3 is 5.97 Å². The number of nitrogens with one attached hydrogen (secondary N) is 5. The second kappa shape index (κ2) is 18.4. The molecule has 5 amide bonds. The maximum atomic E-state index is 13.1. The predicted molar refractivity (Wildman–Crippen MR) is 162 cm³/mol. The van der Waals surface area contributed by atoms with Gasteiger partial charge in [0.1, 0.15) is 24.7 Å². The van der Waals surface area contributed by atoms with Crippen molar-refractivity contribution in [3.05, 3.63) is 0 Å². The quantitative estimate of drug-likeness (QED) is 0.149. The molecule has 1 rings (SSSR count). The predicted octanol–water partition coefficient (Wildman–Crippen LogP) is 0.610. The Morgan fingerprint density at radius 2 is 1.28 bits per heavy atom. The normalized spacial score (nSPS) is 17.4. The largest absolute Gasteiger partial charge is 0.462 e. The molecule has 1 saturated heterocycles. The van der Waals surface area contributed by atoms with Gasteiger partial charge in [0.25, 0.3) is 0 Å². The number of carbonyl (C=O) groups excluding carboxylic acids is 6. The third kappa shape index (κ3) is 14.2. The van der Waals surface area contributed by atoms with Crippen molar-refractivity contribution >= 4 is 35.5 Å². The van der Waals surface area contributed by atoms with Crippen LogP contribution in [0, 0.1) is 11.8 Å². The fourth-order valence-electron chi connectivity index (χ4n) is 4.89. The van der Waals surface area contributed by atoms with Crippen molar-refractivity contribution in [2.75, 3.05) is 19.6 Å². The van der Waals surface area contributed by atoms with Crippen LogP contribution in [0.25, 0.3) is 0 Å². The number of amides is 5. The molecule has 4 unspecified atom stereocenters. The molecule has 13 nitrogen and oxygen atoms in total. The van der Waals surface area contributed by atoms with Crippen molar-refractivity contribution in [2.45, 2.75) is 124 Å². The smallest absolute Gasteiger partial charge is 0.325 e. The molecular weight excluding hydrogens is 556 g/mol. The number of esters is 1. The maximum Gasteiger partial charge on any atom is 0.325 e. The zero-order valence-electron chi connectivity index (χ0n) is 27.4. The van der Waals surface area contributed by atoms with Crippen LogP contribution in [-0.2, 0) is 33.5 Å². The molecule has 1 aliphatic rings. The lowest BCUT2D eigenvalue weighted by Crippen LogP contribution is -2.56. The van der Waals surface area contributed by atoms with E-state index < -0.39 is 47.7 Å². The van der Waals surface area contributed by atoms with Gasteiger partial charge in [-0.1, -0.05) is 27.7 Å². The lowest BCUT2D eigenvalue weighted by Gasteiger charge is -2.29. The molecule has 0 aliphatic carbocycles. The fourth-order valence-corrected chi connectivity index (χ4v) is 4.89. The highest BCUT2D eigenvalue weighted by Crippen LogP contribution is 2.20. The molecule has 4 atom stereocenters. The molecule has 0 aromatic carbocycles. The van der Waals surface area contributed by atoms with Gasteiger partial charge in [0.05, 0.1) is 18.7 Å². The summed E-state index contributed by atoms with van der Waals surface area (Å²) < 4.78 is 4.97. The van der Waals surface area contributed by atoms with E-state index in [1.165, 1.54) is 6.92 Å². The summed E-state index contributed by atoms with van der Waals surface area (Å²) in [5, 5.41) is 13.1. The van der Waals surface area contributed by atoms with Crippen LogP contribution in [-0.4, -0.2) is 96.4 Å². The van der Waals surface area contributed by atoms with Crippen molar-refractivity contribution in [3.8, 4) is 0 Å². The minimum Gasteiger partial charge on any atom is -0.462 e. The van der Waals surface area contributed by atoms with Gasteiger partial charge < -0.3 is 31.3 Å². The van der Waals surface area contributed by atoms with E-state index >= 15 is 0 Å². The topological polar surface area (TPSA) is 175 Å². The van der Waals surface area contributed by atoms with Gasteiger partial charge in [-0.05, 0) is 78.7 Å². The maximum absolute atomic E-state index is 13.1. The first kappa shape index (κ1) is 37.8. The summed E-state index contributed by atoms with van der Waals surface area (Å²) in [6.45, 7) is 16.7. The minimum absolute atomic E-state index is 0.0344. The van der Waals surface area contributed by atoms with E-state index in [0.29, 0.717) is 12.8 Å². The van der Waals surface area contributed by atoms with Crippen LogP contribution in [0.3, 0.4) is 0 Å². The Kier molecular flexibility index (Phi) is 16.2. The van der Waals surface area contributed by atoms with Crippen LogP contribution < -0.4 is 26.6 Å². The molecule has 13 heteroatoms. The molecule has 5 N–H and O–H groups in total. The summed E-state index contributed by atoms with van der Waals surface area (Å²) in [7, 11) is 0. The number of rotatable bonds is 17. The molecule has 0 bridgehead atoms. The number of nitrogens with zero attached hydrogens (tertiary/aromatic N) is 1. The summed E-state index contributed by atoms with van der Waals surface area (Å²) in [6.07, 6.45) is 2.02. The fraction of sp³-hybridized carbons (Fsp3) is 0.800. The third-order valence-corrected chi connectivity index (χ3v) is 6.91. The van der Waals surface area contributed by atoms with Crippen LogP contribution >= 0.6 is 0 Å². The van der Waals surface area contributed by atoms with E-state index in [9.17, 15) is 28.8 Å². The van der Waals surface area contributed by atoms with Crippen LogP contribution in [0.15, 0.2) is 0 Å². The number of hydrogen-bond donors (Lipinski definition) is 5. The second-order valence-electron chi connectivity index (χ2n) is 12.6. The zero-order valence-corrected chi connectivity index (χ0v) is 27.4. The second-order valence-corrected chi connectivity index (χ2v) is 12.6. The van der Waals surface area contributed by atoms with Gasteiger partial charge in [-0.3, -0.25) is 33.7 Å². The van der Waals surface area contributed by atoms with Crippen LogP contribution in [0.5, 0.6) is 0 Å². The molecule has 0 aromatic rings. The van der Waals surface area contributed by atoms with E-state index in [0.717, 1.165) is 19.4 Å². The summed E-state index contributed by atoms with van der Waals surface area (Å²) in [5.74, 6) is -2.85. The van der Waals surface area contributed by atoms with Crippen LogP contribution in [0.2, 0.25) is 0 Å². The number of ether oxygens (including phenoxy) is 1. The van der Waals surface area contributed by atoms with Crippen molar-refractivity contribution in [2.24, 2.45) is 11.8 Å². The Labute approximate surface area is 256 Å². The van der Waals surface area contributed by atoms with Crippen molar-refractivity contribution in [1.82, 2.24) is 31.5 Å². The van der Waals surface area contributed by atoms with E-state index in [-0.39, 0.29) is 49.0 Å². The third-order valence-electron chi connectivity index (χ3n) is 6.91. The highest BCUT2D eigenvalue weighted by Gasteiger charge is 2.34. The number of likely N-dealkylation sites (tertiary alicyclic amines) is 1. The Bertz CT molecular complexity index is 969. The standard InChI is InChI=1S/C30H54N6O7/c1-17(2)13-22(35-30(42)24-11-10-12-36(24)19(5)6)28(40)31-15-25(37)34-23(14-18(3)4)29(41)33-21(9)27(39)32-16-26(38)43-20(7)8/h17-24H,10-16H2,1-9H3,(H,31,40)(H,32,39)(H,33,41)(H,34,37)(H,35,42). The molecular formula is C30H54N6O7. The summed E-state index contributed by atoms with van der Waals surface area (Å²) in [6, 6.07) is -2.82. The van der Waals surface area contributed by atoms with Crippen molar-refractivity contribution in [3.63, 3.8) is 0 Å². The molecule has 0 aromatic heterocycles. The molecule has 0 spiro atoms. The summed E-state index contributed by atoms with van der Waals surface area (Å²) in [4.78, 5) is 78.1. The SMILES string of the molecule is CC(C)CC(NC(=O)CNC(=O)C(CC(C)C)NC(=O)C1CCCN1C(C)C)C(=O)NC(C)C(=O)NCC(=O)OC(C)C. The highest BCUT2D eigenvalue weighted by atomic mass is 16.5. The monoisotopic (exact) mass is 610 g/mol. The molecule has 0 radical (unpaired) electrons. The minimum atomic E-state index is -0.975. The Hall–Kier alpha value is -3.22. The number of carbonyl (C=O) groups is 6. The average Bonchev–Trinajstić information content (AvgIpc) is 3.39. The molecule has 43 heavy (non-hydrogen) atoms. The van der Waals surface area contributed by atoms with Gasteiger partial charge in [-0.25, -0.2) is 0 Å². The van der Waals surface area contributed by atoms with Gasteiger partial charge in [-0.15, -0.1) is 0 Å². The Balaban J connectivity index is 2.74. The van der Waals surface area contributed by atoms with Gasteiger partial charge in [0, 0.05) is 6.04 Å². The first-order valence-electron chi connectivity index (χ1n) is 15.4. The van der Waals surface area contributed by atoms with Crippen molar-refractivity contribution < 1.29 is 33.5 Å². The van der Waals surface area contributed by atoms with Crippen LogP contribution in [0.4, 0.5) is 0 Å². The van der Waals surface area contributed by atoms with Crippen molar-refractivity contribution in [1.29, 1.82) is 0 Å². The van der Waals surface area contributed by atoms with E-state index in [1.807, 2.05) is 41.5 Å². The lowest BCUT2D eigenvalue weighted by molar-refractivity contribution is -0.147. The molecule has 0 saturated carbocycles. The van der Waals surface area contributed by atoms with Gasteiger partial charge in [-0.2, -0.15) is 0 Å². The van der Waals surface area contributed by atoms with Crippen LogP contribution in [0.1, 0.15) is 88.0 Å². The van der Waals surface area contributed by atoms with E-state index in [1.54, 1.807) is 13.8 Å². The number of hydrogen-bond acceptors (Lipinski definition) is 8. The zero-order chi connectivity index (χ0) is 32.9. The lowest BCUT2D eigenvalue weighted by atomic mass is 10.0. The molecule has 246 valence electrons. The molecule has 1 fully saturated rings. The average molecular weight is 611 g/mol. The van der Waals surface area contributed by atoms with Gasteiger partial charge in [0.15, 0.2) is 0 Å².